The van der Waals surface area contributed by atoms with Crippen LogP contribution in [-0.2, 0) is 16.1 Å². The zero-order chi connectivity index (χ0) is 22.2. The average molecular weight is 433 g/mol. The molecule has 2 heterocycles. The van der Waals surface area contributed by atoms with Gasteiger partial charge in [0.1, 0.15) is 18.9 Å². The van der Waals surface area contributed by atoms with Crippen LogP contribution in [0.1, 0.15) is 18.4 Å². The van der Waals surface area contributed by atoms with E-state index in [1.165, 1.54) is 10.5 Å². The van der Waals surface area contributed by atoms with Gasteiger partial charge in [0, 0.05) is 38.3 Å². The molecule has 3 rings (SSSR count). The lowest BCUT2D eigenvalue weighted by molar-refractivity contribution is -0.132. The van der Waals surface area contributed by atoms with Crippen LogP contribution < -0.4 is 4.74 Å². The van der Waals surface area contributed by atoms with Gasteiger partial charge in [-0.25, -0.2) is 4.79 Å². The average Bonchev–Trinajstić information content (AvgIpc) is 3.16. The molecule has 172 valence electrons. The summed E-state index contributed by atoms with van der Waals surface area (Å²) in [5, 5.41) is 0. The molecule has 0 N–H and O–H groups in total. The van der Waals surface area contributed by atoms with Crippen LogP contribution in [0.15, 0.2) is 24.3 Å². The number of cyclic esters (lactones) is 1. The number of piperidine rings is 1. The molecule has 2 saturated heterocycles. The molecule has 0 radical (unpaired) electrons. The molecule has 0 bridgehead atoms. The molecule has 2 fully saturated rings. The number of hydrogen-bond donors (Lipinski definition) is 0. The highest BCUT2D eigenvalue weighted by atomic mass is 16.6. The predicted octanol–water partition coefficient (Wildman–Crippen LogP) is 1.75. The Morgan fingerprint density at radius 2 is 2.03 bits per heavy atom. The van der Waals surface area contributed by atoms with Crippen molar-refractivity contribution in [3.8, 4) is 5.75 Å². The second kappa shape index (κ2) is 11.3. The summed E-state index contributed by atoms with van der Waals surface area (Å²) in [5.41, 5.74) is 1.19. The first-order valence-corrected chi connectivity index (χ1v) is 11.1. The van der Waals surface area contributed by atoms with E-state index in [-0.39, 0.29) is 18.5 Å². The predicted molar refractivity (Wildman–Crippen MR) is 119 cm³/mol. The number of ether oxygens (including phenoxy) is 2. The molecule has 2 amide bonds. The van der Waals surface area contributed by atoms with E-state index in [1.807, 2.05) is 37.2 Å². The lowest BCUT2D eigenvalue weighted by Crippen LogP contribution is -2.47. The van der Waals surface area contributed by atoms with Crippen LogP contribution in [0.5, 0.6) is 5.75 Å². The molecule has 0 aliphatic carbocycles. The van der Waals surface area contributed by atoms with Gasteiger partial charge < -0.3 is 19.3 Å². The summed E-state index contributed by atoms with van der Waals surface area (Å²) in [6.07, 6.45) is 1.84. The summed E-state index contributed by atoms with van der Waals surface area (Å²) in [7, 11) is 5.73. The second-order valence-electron chi connectivity index (χ2n) is 8.73. The van der Waals surface area contributed by atoms with Gasteiger partial charge in [0.05, 0.1) is 13.7 Å². The standard InChI is InChI=1S/C23H36N4O4/c1-24(2)11-12-26(22(28)18-27-13-14-31-23(27)29)16-19-7-6-10-25(15-19)17-20-8-4-5-9-21(20)30-3/h4-5,8-9,19H,6-7,10-18H2,1-3H3. The van der Waals surface area contributed by atoms with Gasteiger partial charge in [0.2, 0.25) is 5.91 Å². The number of nitrogens with zero attached hydrogens (tertiary/aromatic N) is 4. The SMILES string of the molecule is COc1ccccc1CN1CCCC(CN(CCN(C)C)C(=O)CN2CCOC2=O)C1. The van der Waals surface area contributed by atoms with Crippen molar-refractivity contribution in [1.29, 1.82) is 0 Å². The number of benzene rings is 1. The summed E-state index contributed by atoms with van der Waals surface area (Å²) in [5.74, 6) is 1.34. The number of hydrogen-bond acceptors (Lipinski definition) is 6. The number of methoxy groups -OCH3 is 1. The minimum Gasteiger partial charge on any atom is -0.496 e. The van der Waals surface area contributed by atoms with Crippen LogP contribution in [0.3, 0.4) is 0 Å². The monoisotopic (exact) mass is 432 g/mol. The summed E-state index contributed by atoms with van der Waals surface area (Å²) in [4.78, 5) is 32.8. The molecule has 0 aromatic heterocycles. The first-order chi connectivity index (χ1) is 15.0. The van der Waals surface area contributed by atoms with E-state index in [1.54, 1.807) is 7.11 Å². The Morgan fingerprint density at radius 3 is 2.74 bits per heavy atom. The number of likely N-dealkylation sites (N-methyl/N-ethyl adjacent to an activating group) is 1. The highest BCUT2D eigenvalue weighted by Crippen LogP contribution is 2.24. The summed E-state index contributed by atoms with van der Waals surface area (Å²) >= 11 is 0. The van der Waals surface area contributed by atoms with E-state index in [0.717, 1.165) is 51.3 Å². The van der Waals surface area contributed by atoms with Gasteiger partial charge in [-0.1, -0.05) is 18.2 Å². The molecule has 1 atom stereocenters. The third-order valence-electron chi connectivity index (χ3n) is 6.01. The molecule has 2 aliphatic rings. The topological polar surface area (TPSA) is 65.6 Å². The van der Waals surface area contributed by atoms with Gasteiger partial charge in [-0.2, -0.15) is 0 Å². The van der Waals surface area contributed by atoms with Crippen molar-refractivity contribution in [2.45, 2.75) is 19.4 Å². The minimum atomic E-state index is -0.387. The maximum Gasteiger partial charge on any atom is 0.410 e. The molecule has 0 saturated carbocycles. The van der Waals surface area contributed by atoms with Gasteiger partial charge in [0.15, 0.2) is 0 Å². The summed E-state index contributed by atoms with van der Waals surface area (Å²) in [6.45, 7) is 6.00. The molecule has 31 heavy (non-hydrogen) atoms. The van der Waals surface area contributed by atoms with Crippen LogP contribution >= 0.6 is 0 Å². The quantitative estimate of drug-likeness (QED) is 0.561. The smallest absolute Gasteiger partial charge is 0.410 e. The zero-order valence-electron chi connectivity index (χ0n) is 19.1. The van der Waals surface area contributed by atoms with Crippen molar-refractivity contribution in [1.82, 2.24) is 19.6 Å². The van der Waals surface area contributed by atoms with Crippen LogP contribution in [0.4, 0.5) is 4.79 Å². The Balaban J connectivity index is 1.59. The van der Waals surface area contributed by atoms with E-state index in [9.17, 15) is 9.59 Å². The Morgan fingerprint density at radius 1 is 1.23 bits per heavy atom. The van der Waals surface area contributed by atoms with Crippen molar-refractivity contribution in [2.75, 3.05) is 73.6 Å². The van der Waals surface area contributed by atoms with E-state index in [4.69, 9.17) is 9.47 Å². The summed E-state index contributed by atoms with van der Waals surface area (Å²) in [6, 6.07) is 8.16. The fraction of sp³-hybridized carbons (Fsp3) is 0.652. The number of carbonyl (C=O) groups excluding carboxylic acids is 2. The van der Waals surface area contributed by atoms with E-state index in [2.05, 4.69) is 15.9 Å². The van der Waals surface area contributed by atoms with Crippen molar-refractivity contribution >= 4 is 12.0 Å². The van der Waals surface area contributed by atoms with E-state index in [0.29, 0.717) is 25.6 Å². The van der Waals surface area contributed by atoms with Crippen molar-refractivity contribution in [2.24, 2.45) is 5.92 Å². The fourth-order valence-corrected chi connectivity index (χ4v) is 4.30. The first-order valence-electron chi connectivity index (χ1n) is 11.1. The maximum atomic E-state index is 13.0. The lowest BCUT2D eigenvalue weighted by Gasteiger charge is -2.36. The minimum absolute atomic E-state index is 0.00236. The third-order valence-corrected chi connectivity index (χ3v) is 6.01. The number of amides is 2. The second-order valence-corrected chi connectivity index (χ2v) is 8.73. The molecule has 1 aromatic carbocycles. The maximum absolute atomic E-state index is 13.0. The van der Waals surface area contributed by atoms with Crippen molar-refractivity contribution in [3.05, 3.63) is 29.8 Å². The Labute approximate surface area is 185 Å². The van der Waals surface area contributed by atoms with Crippen molar-refractivity contribution in [3.63, 3.8) is 0 Å². The highest BCUT2D eigenvalue weighted by Gasteiger charge is 2.29. The Kier molecular flexibility index (Phi) is 8.54. The molecule has 1 unspecified atom stereocenters. The largest absolute Gasteiger partial charge is 0.496 e. The van der Waals surface area contributed by atoms with Gasteiger partial charge in [-0.3, -0.25) is 14.6 Å². The number of carbonyl (C=O) groups is 2. The molecular weight excluding hydrogens is 396 g/mol. The van der Waals surface area contributed by atoms with Crippen molar-refractivity contribution < 1.29 is 19.1 Å². The van der Waals surface area contributed by atoms with Gasteiger partial charge in [-0.15, -0.1) is 0 Å². The highest BCUT2D eigenvalue weighted by molar-refractivity contribution is 5.82. The molecule has 8 nitrogen and oxygen atoms in total. The fourth-order valence-electron chi connectivity index (χ4n) is 4.30. The molecule has 2 aliphatic heterocycles. The molecule has 0 spiro atoms. The zero-order valence-corrected chi connectivity index (χ0v) is 19.1. The number of likely N-dealkylation sites (tertiary alicyclic amines) is 1. The van der Waals surface area contributed by atoms with Crippen LogP contribution in [0, 0.1) is 5.92 Å². The normalized spacial score (nSPS) is 19.5. The molecule has 8 heteroatoms. The first kappa shape index (κ1) is 23.3. The van der Waals surface area contributed by atoms with Gasteiger partial charge >= 0.3 is 6.09 Å². The Hall–Kier alpha value is -2.32. The van der Waals surface area contributed by atoms with Crippen LogP contribution in [-0.4, -0.2) is 105 Å². The Bertz CT molecular complexity index is 742. The van der Waals surface area contributed by atoms with E-state index >= 15 is 0 Å². The third kappa shape index (κ3) is 6.83. The van der Waals surface area contributed by atoms with Gasteiger partial charge in [-0.05, 0) is 45.5 Å². The van der Waals surface area contributed by atoms with Gasteiger partial charge in [0.25, 0.3) is 0 Å². The summed E-state index contributed by atoms with van der Waals surface area (Å²) < 4.78 is 10.5. The number of para-hydroxylation sites is 1. The van der Waals surface area contributed by atoms with Crippen LogP contribution in [0.25, 0.3) is 0 Å². The van der Waals surface area contributed by atoms with Crippen LogP contribution in [0.2, 0.25) is 0 Å². The molecule has 1 aromatic rings. The number of rotatable bonds is 10. The van der Waals surface area contributed by atoms with E-state index < -0.39 is 0 Å². The lowest BCUT2D eigenvalue weighted by atomic mass is 9.96. The molecular formula is C23H36N4O4.